The van der Waals surface area contributed by atoms with Crippen molar-refractivity contribution in [3.8, 4) is 0 Å². The quantitative estimate of drug-likeness (QED) is 0.540. The van der Waals surface area contributed by atoms with E-state index in [0.29, 0.717) is 31.7 Å². The van der Waals surface area contributed by atoms with Crippen LogP contribution < -0.4 is 0 Å². The number of hydrogen-bond acceptors (Lipinski definition) is 3. The van der Waals surface area contributed by atoms with Gasteiger partial charge in [-0.3, -0.25) is 4.79 Å². The van der Waals surface area contributed by atoms with Crippen LogP contribution in [0.4, 0.5) is 0 Å². The first-order chi connectivity index (χ1) is 8.40. The van der Waals surface area contributed by atoms with E-state index in [9.17, 15) is 13.2 Å². The second-order valence-electron chi connectivity index (χ2n) is 4.71. The molecule has 0 saturated carbocycles. The molecule has 1 fully saturated rings. The van der Waals surface area contributed by atoms with Gasteiger partial charge >= 0.3 is 0 Å². The first-order valence-corrected chi connectivity index (χ1v) is 8.31. The van der Waals surface area contributed by atoms with Gasteiger partial charge in [0.2, 0.25) is 15.9 Å². The summed E-state index contributed by atoms with van der Waals surface area (Å²) >= 11 is 5.54. The topological polar surface area (TPSA) is 57.7 Å². The molecule has 106 valence electrons. The Labute approximate surface area is 114 Å². The molecule has 0 N–H and O–H groups in total. The first-order valence-electron chi connectivity index (χ1n) is 6.17. The van der Waals surface area contributed by atoms with Crippen LogP contribution in [0.25, 0.3) is 0 Å². The molecule has 18 heavy (non-hydrogen) atoms. The van der Waals surface area contributed by atoms with E-state index < -0.39 is 16.1 Å². The number of hydrogen-bond donors (Lipinski definition) is 0. The van der Waals surface area contributed by atoms with Gasteiger partial charge in [-0.2, -0.15) is 4.31 Å². The van der Waals surface area contributed by atoms with E-state index in [1.54, 1.807) is 14.1 Å². The summed E-state index contributed by atoms with van der Waals surface area (Å²) in [4.78, 5) is 13.4. The average Bonchev–Trinajstić information content (AvgIpc) is 2.77. The van der Waals surface area contributed by atoms with Gasteiger partial charge < -0.3 is 4.90 Å². The number of carbonyl (C=O) groups excluding carboxylic acids is 1. The van der Waals surface area contributed by atoms with Crippen LogP contribution in [0.1, 0.15) is 25.7 Å². The fourth-order valence-electron chi connectivity index (χ4n) is 2.11. The molecule has 1 rings (SSSR count). The molecule has 0 aromatic heterocycles. The fourth-order valence-corrected chi connectivity index (χ4v) is 4.10. The molecule has 1 saturated heterocycles. The molecule has 0 aromatic carbocycles. The summed E-state index contributed by atoms with van der Waals surface area (Å²) in [5.41, 5.74) is 0. The lowest BCUT2D eigenvalue weighted by Gasteiger charge is -2.25. The van der Waals surface area contributed by atoms with Crippen LogP contribution in [0.15, 0.2) is 0 Å². The molecule has 1 atom stereocenters. The van der Waals surface area contributed by atoms with Gasteiger partial charge in [0.05, 0.1) is 5.75 Å². The summed E-state index contributed by atoms with van der Waals surface area (Å²) in [7, 11) is -0.0293. The maximum Gasteiger partial charge on any atom is 0.240 e. The number of likely N-dealkylation sites (N-methyl/N-ethyl adjacent to an activating group) is 1. The van der Waals surface area contributed by atoms with Crippen molar-refractivity contribution >= 4 is 27.5 Å². The Kier molecular flexibility index (Phi) is 5.88. The van der Waals surface area contributed by atoms with Crippen LogP contribution in [-0.4, -0.2) is 61.8 Å². The Bertz CT molecular complexity index is 384. The fraction of sp³-hybridized carbons (Fsp3) is 0.909. The Balaban J connectivity index is 2.71. The zero-order chi connectivity index (χ0) is 13.8. The van der Waals surface area contributed by atoms with Crippen molar-refractivity contribution in [3.63, 3.8) is 0 Å². The Hall–Kier alpha value is -0.330. The van der Waals surface area contributed by atoms with Gasteiger partial charge in [0, 0.05) is 26.5 Å². The Morgan fingerprint density at radius 3 is 2.61 bits per heavy atom. The summed E-state index contributed by atoms with van der Waals surface area (Å²) in [6, 6.07) is -0.513. The second-order valence-corrected chi connectivity index (χ2v) is 7.13. The molecule has 5 nitrogen and oxygen atoms in total. The number of amides is 1. The highest BCUT2D eigenvalue weighted by Gasteiger charge is 2.38. The molecule has 0 bridgehead atoms. The molecule has 0 radical (unpaired) electrons. The Morgan fingerprint density at radius 2 is 2.06 bits per heavy atom. The molecule has 1 unspecified atom stereocenters. The van der Waals surface area contributed by atoms with E-state index in [0.717, 1.165) is 6.42 Å². The summed E-state index contributed by atoms with van der Waals surface area (Å²) in [6.45, 7) is 0.452. The molecular formula is C11H21ClN2O3S. The molecular weight excluding hydrogens is 276 g/mol. The molecule has 0 aromatic rings. The zero-order valence-corrected chi connectivity index (χ0v) is 12.5. The standard InChI is InChI=1S/C11H21ClN2O3S/c1-13(2)11(15)10-6-5-8-14(10)18(16,17)9-4-3-7-12/h10H,3-9H2,1-2H3. The van der Waals surface area contributed by atoms with E-state index in [-0.39, 0.29) is 11.7 Å². The summed E-state index contributed by atoms with van der Waals surface area (Å²) in [5, 5.41) is 0. The van der Waals surface area contributed by atoms with Gasteiger partial charge in [-0.05, 0) is 25.7 Å². The minimum absolute atomic E-state index is 0.0803. The number of nitrogens with zero attached hydrogens (tertiary/aromatic N) is 2. The lowest BCUT2D eigenvalue weighted by atomic mass is 10.2. The van der Waals surface area contributed by atoms with Crippen molar-refractivity contribution in [3.05, 3.63) is 0 Å². The van der Waals surface area contributed by atoms with Crippen LogP contribution in [0.5, 0.6) is 0 Å². The van der Waals surface area contributed by atoms with Crippen molar-refractivity contribution in [1.29, 1.82) is 0 Å². The third kappa shape index (κ3) is 3.83. The van der Waals surface area contributed by atoms with Crippen LogP contribution in [-0.2, 0) is 14.8 Å². The molecule has 1 aliphatic heterocycles. The molecule has 1 heterocycles. The van der Waals surface area contributed by atoms with E-state index >= 15 is 0 Å². The predicted octanol–water partition coefficient (Wildman–Crippen LogP) is 0.888. The predicted molar refractivity (Wildman–Crippen MR) is 72.2 cm³/mol. The van der Waals surface area contributed by atoms with Crippen LogP contribution in [0, 0.1) is 0 Å². The maximum absolute atomic E-state index is 12.2. The summed E-state index contributed by atoms with van der Waals surface area (Å²) < 4.78 is 25.7. The minimum atomic E-state index is -3.33. The molecule has 1 aliphatic rings. The number of sulfonamides is 1. The normalized spacial score (nSPS) is 21.2. The maximum atomic E-state index is 12.2. The van der Waals surface area contributed by atoms with Gasteiger partial charge in [-0.15, -0.1) is 11.6 Å². The first kappa shape index (κ1) is 15.7. The Morgan fingerprint density at radius 1 is 1.39 bits per heavy atom. The largest absolute Gasteiger partial charge is 0.347 e. The second kappa shape index (κ2) is 6.73. The van der Waals surface area contributed by atoms with Crippen molar-refractivity contribution in [1.82, 2.24) is 9.21 Å². The zero-order valence-electron chi connectivity index (χ0n) is 10.9. The highest BCUT2D eigenvalue weighted by Crippen LogP contribution is 2.23. The number of halogens is 1. The number of carbonyl (C=O) groups is 1. The SMILES string of the molecule is CN(C)C(=O)C1CCCN1S(=O)(=O)CCCCCl. The van der Waals surface area contributed by atoms with E-state index in [1.165, 1.54) is 9.21 Å². The van der Waals surface area contributed by atoms with Gasteiger partial charge in [0.25, 0.3) is 0 Å². The van der Waals surface area contributed by atoms with Gasteiger partial charge in [-0.1, -0.05) is 0 Å². The van der Waals surface area contributed by atoms with Crippen molar-refractivity contribution in [2.24, 2.45) is 0 Å². The monoisotopic (exact) mass is 296 g/mol. The highest BCUT2D eigenvalue weighted by molar-refractivity contribution is 7.89. The van der Waals surface area contributed by atoms with Gasteiger partial charge in [-0.25, -0.2) is 8.42 Å². The van der Waals surface area contributed by atoms with Gasteiger partial charge in [0.1, 0.15) is 6.04 Å². The minimum Gasteiger partial charge on any atom is -0.347 e. The molecule has 0 aliphatic carbocycles. The molecule has 7 heteroatoms. The highest BCUT2D eigenvalue weighted by atomic mass is 35.5. The van der Waals surface area contributed by atoms with Crippen LogP contribution >= 0.6 is 11.6 Å². The van der Waals surface area contributed by atoms with Gasteiger partial charge in [0.15, 0.2) is 0 Å². The lowest BCUT2D eigenvalue weighted by molar-refractivity contribution is -0.132. The van der Waals surface area contributed by atoms with Crippen LogP contribution in [0.2, 0.25) is 0 Å². The third-order valence-corrected chi connectivity index (χ3v) is 5.30. The number of unbranched alkanes of at least 4 members (excludes halogenated alkanes) is 1. The number of rotatable bonds is 6. The summed E-state index contributed by atoms with van der Waals surface area (Å²) in [6.07, 6.45) is 2.59. The average molecular weight is 297 g/mol. The van der Waals surface area contributed by atoms with E-state index in [4.69, 9.17) is 11.6 Å². The third-order valence-electron chi connectivity index (χ3n) is 3.07. The van der Waals surface area contributed by atoms with E-state index in [1.807, 2.05) is 0 Å². The van der Waals surface area contributed by atoms with Crippen molar-refractivity contribution < 1.29 is 13.2 Å². The molecule has 0 spiro atoms. The number of alkyl halides is 1. The summed E-state index contributed by atoms with van der Waals surface area (Å²) in [5.74, 6) is 0.417. The van der Waals surface area contributed by atoms with E-state index in [2.05, 4.69) is 0 Å². The van der Waals surface area contributed by atoms with Crippen LogP contribution in [0.3, 0.4) is 0 Å². The molecule has 1 amide bonds. The lowest BCUT2D eigenvalue weighted by Crippen LogP contribution is -2.46. The van der Waals surface area contributed by atoms with Crippen molar-refractivity contribution in [2.75, 3.05) is 32.3 Å². The smallest absolute Gasteiger partial charge is 0.240 e. The van der Waals surface area contributed by atoms with Crippen molar-refractivity contribution in [2.45, 2.75) is 31.7 Å².